The van der Waals surface area contributed by atoms with Gasteiger partial charge in [0.15, 0.2) is 0 Å². The van der Waals surface area contributed by atoms with E-state index in [1.54, 1.807) is 6.92 Å². The van der Waals surface area contributed by atoms with Crippen LogP contribution in [0.1, 0.15) is 26.2 Å². The molecule has 22 heavy (non-hydrogen) atoms. The maximum Gasteiger partial charge on any atom is 0.246 e. The lowest BCUT2D eigenvalue weighted by molar-refractivity contribution is -0.118. The quantitative estimate of drug-likeness (QED) is 0.800. The fourth-order valence-electron chi connectivity index (χ4n) is 2.04. The number of amides is 1. The number of nitrogen functional groups attached to an aromatic ring is 1. The Bertz CT molecular complexity index is 705. The number of hydrogen-bond donors (Lipinski definition) is 2. The third-order valence-electron chi connectivity index (χ3n) is 3.56. The van der Waals surface area contributed by atoms with Crippen LogP contribution >= 0.6 is 15.9 Å². The molecule has 1 fully saturated rings. The molecule has 0 radical (unpaired) electrons. The Morgan fingerprint density at radius 3 is 2.68 bits per heavy atom. The van der Waals surface area contributed by atoms with Crippen molar-refractivity contribution in [3.63, 3.8) is 0 Å². The normalized spacial score (nSPS) is 14.0. The minimum absolute atomic E-state index is 0.00435. The summed E-state index contributed by atoms with van der Waals surface area (Å²) in [6.07, 6.45) is 6.90. The van der Waals surface area contributed by atoms with Gasteiger partial charge < -0.3 is 15.6 Å². The van der Waals surface area contributed by atoms with Gasteiger partial charge in [-0.25, -0.2) is 9.97 Å². The van der Waals surface area contributed by atoms with Gasteiger partial charge in [-0.3, -0.25) is 4.79 Å². The zero-order valence-electron chi connectivity index (χ0n) is 12.8. The van der Waals surface area contributed by atoms with Crippen molar-refractivity contribution in [3.05, 3.63) is 29.1 Å². The Hall–Kier alpha value is -1.89. The van der Waals surface area contributed by atoms with Crippen LogP contribution < -0.4 is 11.1 Å². The van der Waals surface area contributed by atoms with E-state index in [-0.39, 0.29) is 5.91 Å². The van der Waals surface area contributed by atoms with Crippen LogP contribution in [0, 0.1) is 0 Å². The number of nitrogens with one attached hydrogen (secondary N) is 1. The highest BCUT2D eigenvalue weighted by atomic mass is 79.9. The smallest absolute Gasteiger partial charge is 0.246 e. The molecular weight excluding hydrogens is 346 g/mol. The van der Waals surface area contributed by atoms with E-state index in [1.165, 1.54) is 12.7 Å². The van der Waals surface area contributed by atoms with Crippen LogP contribution in [0.2, 0.25) is 0 Å². The molecule has 3 N–H and O–H groups in total. The summed E-state index contributed by atoms with van der Waals surface area (Å²) in [5.41, 5.74) is 7.12. The molecule has 0 aliphatic heterocycles. The zero-order valence-corrected chi connectivity index (χ0v) is 14.4. The van der Waals surface area contributed by atoms with Gasteiger partial charge in [-0.1, -0.05) is 6.58 Å². The van der Waals surface area contributed by atoms with Crippen LogP contribution in [0.3, 0.4) is 0 Å². The van der Waals surface area contributed by atoms with Gasteiger partial charge in [-0.05, 0) is 42.1 Å². The van der Waals surface area contributed by atoms with Crippen LogP contribution in [0.4, 0.5) is 5.82 Å². The minimum Gasteiger partial charge on any atom is -0.383 e. The molecule has 1 saturated carbocycles. The monoisotopic (exact) mass is 365 g/mol. The second-order valence-corrected chi connectivity index (χ2v) is 6.28. The topological polar surface area (TPSA) is 85.8 Å². The maximum atomic E-state index is 10.9. The highest BCUT2D eigenvalue weighted by Gasteiger charge is 2.18. The molecule has 0 aromatic carbocycles. The zero-order chi connectivity index (χ0) is 16.3. The number of aryl methyl sites for hydroxylation is 1. The van der Waals surface area contributed by atoms with E-state index in [0.29, 0.717) is 17.4 Å². The van der Waals surface area contributed by atoms with Crippen molar-refractivity contribution in [2.45, 2.75) is 32.2 Å². The Morgan fingerprint density at radius 2 is 2.18 bits per heavy atom. The van der Waals surface area contributed by atoms with E-state index in [9.17, 15) is 4.79 Å². The Morgan fingerprint density at radius 1 is 1.50 bits per heavy atom. The standard InChI is InChI=1S/C8H13NO.C7H7BrN4/c1-6(2)8(10)9-7-4-3-5-7;1-12-2-4(8)5-6(9)10-3-11-7(5)12/h7H,1,3-5H2,2H3,(H,9,10);2-3H,1H3,(H2,9,10,11). The first-order valence-corrected chi connectivity index (χ1v) is 7.86. The average molecular weight is 366 g/mol. The number of aromatic nitrogens is 3. The molecule has 1 aliphatic carbocycles. The van der Waals surface area contributed by atoms with Gasteiger partial charge in [0, 0.05) is 29.3 Å². The van der Waals surface area contributed by atoms with E-state index < -0.39 is 0 Å². The lowest BCUT2D eigenvalue weighted by Gasteiger charge is -2.26. The number of rotatable bonds is 2. The number of carbonyl (C=O) groups excluding carboxylic acids is 1. The summed E-state index contributed by atoms with van der Waals surface area (Å²) in [5, 5.41) is 3.75. The van der Waals surface area contributed by atoms with Gasteiger partial charge >= 0.3 is 0 Å². The average Bonchev–Trinajstić information content (AvgIpc) is 2.71. The summed E-state index contributed by atoms with van der Waals surface area (Å²) in [7, 11) is 1.92. The molecule has 1 amide bonds. The third kappa shape index (κ3) is 3.65. The van der Waals surface area contributed by atoms with Crippen molar-refractivity contribution < 1.29 is 4.79 Å². The molecule has 3 rings (SSSR count). The summed E-state index contributed by atoms with van der Waals surface area (Å²) in [5.74, 6) is 0.511. The van der Waals surface area contributed by atoms with Crippen LogP contribution in [0.25, 0.3) is 11.0 Å². The first-order chi connectivity index (χ1) is 10.4. The number of nitrogens with zero attached hydrogens (tertiary/aromatic N) is 3. The van der Waals surface area contributed by atoms with Gasteiger partial charge in [-0.2, -0.15) is 0 Å². The SMILES string of the molecule is C=C(C)C(=O)NC1CCC1.Cn1cc(Br)c2c(N)ncnc21. The lowest BCUT2D eigenvalue weighted by atomic mass is 9.93. The van der Waals surface area contributed by atoms with Gasteiger partial charge in [0.25, 0.3) is 0 Å². The predicted octanol–water partition coefficient (Wildman–Crippen LogP) is 2.54. The van der Waals surface area contributed by atoms with Crippen LogP contribution in [-0.2, 0) is 11.8 Å². The third-order valence-corrected chi connectivity index (χ3v) is 4.17. The molecule has 0 saturated heterocycles. The maximum absolute atomic E-state index is 10.9. The number of carbonyl (C=O) groups is 1. The van der Waals surface area contributed by atoms with E-state index in [2.05, 4.69) is 37.8 Å². The summed E-state index contributed by atoms with van der Waals surface area (Å²) in [6, 6.07) is 0.434. The van der Waals surface area contributed by atoms with Gasteiger partial charge in [0.05, 0.1) is 5.39 Å². The highest BCUT2D eigenvalue weighted by Crippen LogP contribution is 2.27. The van der Waals surface area contributed by atoms with Crippen LogP contribution in [-0.4, -0.2) is 26.5 Å². The van der Waals surface area contributed by atoms with Crippen molar-refractivity contribution in [1.29, 1.82) is 0 Å². The van der Waals surface area contributed by atoms with Gasteiger partial charge in [-0.15, -0.1) is 0 Å². The molecule has 6 nitrogen and oxygen atoms in total. The summed E-state index contributed by atoms with van der Waals surface area (Å²) >= 11 is 3.39. The van der Waals surface area contributed by atoms with E-state index in [4.69, 9.17) is 5.73 Å². The molecular formula is C15H20BrN5O. The highest BCUT2D eigenvalue weighted by molar-refractivity contribution is 9.10. The molecule has 2 aromatic heterocycles. The number of hydrogen-bond acceptors (Lipinski definition) is 4. The van der Waals surface area contributed by atoms with E-state index in [1.807, 2.05) is 17.8 Å². The molecule has 0 unspecified atom stereocenters. The van der Waals surface area contributed by atoms with Crippen molar-refractivity contribution in [2.75, 3.05) is 5.73 Å². The van der Waals surface area contributed by atoms with Crippen molar-refractivity contribution >= 4 is 38.7 Å². The van der Waals surface area contributed by atoms with Crippen molar-refractivity contribution in [1.82, 2.24) is 19.9 Å². The number of fused-ring (bicyclic) bond motifs is 1. The largest absolute Gasteiger partial charge is 0.383 e. The van der Waals surface area contributed by atoms with Crippen LogP contribution in [0.5, 0.6) is 0 Å². The first kappa shape index (κ1) is 16.5. The summed E-state index contributed by atoms with van der Waals surface area (Å²) in [6.45, 7) is 5.28. The lowest BCUT2D eigenvalue weighted by Crippen LogP contribution is -2.39. The molecule has 118 valence electrons. The second kappa shape index (κ2) is 6.91. The molecule has 0 spiro atoms. The van der Waals surface area contributed by atoms with Crippen molar-refractivity contribution in [3.8, 4) is 0 Å². The number of anilines is 1. The van der Waals surface area contributed by atoms with E-state index in [0.717, 1.165) is 28.3 Å². The number of nitrogens with two attached hydrogens (primary N) is 1. The first-order valence-electron chi connectivity index (χ1n) is 7.07. The fourth-order valence-corrected chi connectivity index (χ4v) is 2.73. The molecule has 7 heteroatoms. The predicted molar refractivity (Wildman–Crippen MR) is 91.2 cm³/mol. The summed E-state index contributed by atoms with van der Waals surface area (Å²) < 4.78 is 2.83. The van der Waals surface area contributed by atoms with Gasteiger partial charge in [0.2, 0.25) is 5.91 Å². The Labute approximate surface area is 137 Å². The molecule has 1 aliphatic rings. The summed E-state index contributed by atoms with van der Waals surface area (Å²) in [4.78, 5) is 18.9. The van der Waals surface area contributed by atoms with E-state index >= 15 is 0 Å². The molecule has 0 bridgehead atoms. The second-order valence-electron chi connectivity index (χ2n) is 5.43. The molecule has 2 aromatic rings. The van der Waals surface area contributed by atoms with Crippen molar-refractivity contribution in [2.24, 2.45) is 7.05 Å². The number of halogens is 1. The van der Waals surface area contributed by atoms with Crippen LogP contribution in [0.15, 0.2) is 29.1 Å². The molecule has 0 atom stereocenters. The fraction of sp³-hybridized carbons (Fsp3) is 0.400. The molecule has 2 heterocycles. The Kier molecular flexibility index (Phi) is 5.18. The Balaban J connectivity index is 0.000000164. The van der Waals surface area contributed by atoms with Gasteiger partial charge in [0.1, 0.15) is 17.8 Å². The minimum atomic E-state index is 0.00435.